The quantitative estimate of drug-likeness (QED) is 0.560. The average molecular weight is 499 g/mol. The second-order valence-corrected chi connectivity index (χ2v) is 11.7. The van der Waals surface area contributed by atoms with Crippen molar-refractivity contribution < 1.29 is 21.6 Å². The van der Waals surface area contributed by atoms with Crippen molar-refractivity contribution in [1.82, 2.24) is 14.7 Å². The van der Waals surface area contributed by atoms with E-state index < -0.39 is 25.8 Å². The lowest BCUT2D eigenvalue weighted by atomic mass is 9.98. The molecule has 1 heterocycles. The number of aromatic nitrogens is 2. The van der Waals surface area contributed by atoms with Crippen molar-refractivity contribution in [2.75, 3.05) is 18.6 Å². The number of allylic oxidation sites excluding steroid dienone is 1. The van der Waals surface area contributed by atoms with Gasteiger partial charge in [-0.3, -0.25) is 4.79 Å². The molecule has 0 radical (unpaired) electrons. The predicted molar refractivity (Wildman–Crippen MR) is 121 cm³/mol. The molecule has 32 heavy (non-hydrogen) atoms. The number of carbonyl (C=O) groups is 1. The lowest BCUT2D eigenvalue weighted by Crippen LogP contribution is -2.21. The fraction of sp³-hybridized carbons (Fsp3) is 0.350. The predicted octanol–water partition coefficient (Wildman–Crippen LogP) is 2.65. The van der Waals surface area contributed by atoms with Crippen LogP contribution in [0.3, 0.4) is 0 Å². The first-order valence-electron chi connectivity index (χ1n) is 9.80. The van der Waals surface area contributed by atoms with E-state index in [0.717, 1.165) is 44.3 Å². The fourth-order valence-electron chi connectivity index (χ4n) is 3.44. The Morgan fingerprint density at radius 2 is 1.81 bits per heavy atom. The third-order valence-corrected chi connectivity index (χ3v) is 7.98. The Balaban J connectivity index is 1.93. The second-order valence-electron chi connectivity index (χ2n) is 7.44. The van der Waals surface area contributed by atoms with Gasteiger partial charge in [0.15, 0.2) is 20.7 Å². The van der Waals surface area contributed by atoms with Gasteiger partial charge >= 0.3 is 0 Å². The summed E-state index contributed by atoms with van der Waals surface area (Å²) in [5.41, 5.74) is 0.793. The second kappa shape index (κ2) is 9.65. The standard InChI is InChI=1S/C20H23ClN4O5S2/c1-22-32(29,30)19-12-23-18(11-24-19)25-20(26)15(9-13-5-3-4-6-13)14-7-8-17(16(21)10-14)31(2,27)28/h7-13,22H,3-6H2,1-2H3,(H,23,25,26)/b15-9+. The third kappa shape index (κ3) is 5.71. The molecule has 1 aliphatic rings. The van der Waals surface area contributed by atoms with Crippen LogP contribution in [-0.4, -0.2) is 46.0 Å². The number of carbonyl (C=O) groups excluding carboxylic acids is 1. The van der Waals surface area contributed by atoms with E-state index in [1.165, 1.54) is 25.2 Å². The number of benzene rings is 1. The number of anilines is 1. The van der Waals surface area contributed by atoms with Crippen molar-refractivity contribution in [1.29, 1.82) is 0 Å². The van der Waals surface area contributed by atoms with Crippen molar-refractivity contribution in [3.63, 3.8) is 0 Å². The van der Waals surface area contributed by atoms with Crippen LogP contribution in [-0.2, 0) is 24.7 Å². The van der Waals surface area contributed by atoms with Gasteiger partial charge in [0, 0.05) is 11.8 Å². The Hall–Kier alpha value is -2.34. The first-order chi connectivity index (χ1) is 15.0. The molecule has 0 atom stereocenters. The minimum Gasteiger partial charge on any atom is -0.305 e. The van der Waals surface area contributed by atoms with Crippen molar-refractivity contribution >= 4 is 48.8 Å². The minimum absolute atomic E-state index is 0.0178. The molecule has 0 aliphatic heterocycles. The van der Waals surface area contributed by atoms with Gasteiger partial charge in [-0.05, 0) is 43.5 Å². The summed E-state index contributed by atoms with van der Waals surface area (Å²) in [7, 11) is -6.00. The number of amides is 1. The molecule has 1 aromatic carbocycles. The first kappa shape index (κ1) is 24.3. The van der Waals surface area contributed by atoms with Crippen LogP contribution in [0, 0.1) is 5.92 Å². The highest BCUT2D eigenvalue weighted by molar-refractivity contribution is 7.90. The van der Waals surface area contributed by atoms with Gasteiger partial charge in [0.25, 0.3) is 15.9 Å². The molecule has 1 saturated carbocycles. The molecule has 0 unspecified atom stereocenters. The molecule has 3 rings (SSSR count). The van der Waals surface area contributed by atoms with Crippen LogP contribution in [0.4, 0.5) is 5.82 Å². The maximum Gasteiger partial charge on any atom is 0.259 e. The van der Waals surface area contributed by atoms with Crippen LogP contribution in [0.1, 0.15) is 31.2 Å². The van der Waals surface area contributed by atoms with E-state index >= 15 is 0 Å². The van der Waals surface area contributed by atoms with Crippen LogP contribution >= 0.6 is 11.6 Å². The smallest absolute Gasteiger partial charge is 0.259 e. The Bertz CT molecular complexity index is 1250. The molecule has 0 bridgehead atoms. The zero-order chi connectivity index (χ0) is 23.5. The SMILES string of the molecule is CNS(=O)(=O)c1cnc(NC(=O)/C(=C/C2CCCC2)c2ccc(S(C)(=O)=O)c(Cl)c2)cn1. The first-order valence-corrected chi connectivity index (χ1v) is 13.6. The van der Waals surface area contributed by atoms with Crippen molar-refractivity contribution in [2.45, 2.75) is 35.6 Å². The van der Waals surface area contributed by atoms with Crippen molar-refractivity contribution in [3.05, 3.63) is 47.3 Å². The summed E-state index contributed by atoms with van der Waals surface area (Å²) < 4.78 is 49.4. The molecule has 0 saturated heterocycles. The molecule has 1 aliphatic carbocycles. The monoisotopic (exact) mass is 498 g/mol. The maximum atomic E-state index is 13.1. The van der Waals surface area contributed by atoms with Crippen LogP contribution < -0.4 is 10.0 Å². The van der Waals surface area contributed by atoms with Gasteiger partial charge in [0.1, 0.15) is 0 Å². The van der Waals surface area contributed by atoms with Crippen molar-refractivity contribution in [2.24, 2.45) is 5.92 Å². The summed E-state index contributed by atoms with van der Waals surface area (Å²) in [5.74, 6) is -0.210. The highest BCUT2D eigenvalue weighted by Gasteiger charge is 2.21. The summed E-state index contributed by atoms with van der Waals surface area (Å²) >= 11 is 6.19. The molecule has 1 aromatic heterocycles. The summed E-state index contributed by atoms with van der Waals surface area (Å²) in [6.07, 6.45) is 9.14. The zero-order valence-electron chi connectivity index (χ0n) is 17.5. The number of halogens is 1. The van der Waals surface area contributed by atoms with E-state index in [-0.39, 0.29) is 26.7 Å². The summed E-state index contributed by atoms with van der Waals surface area (Å²) in [5, 5.41) is 2.37. The van der Waals surface area contributed by atoms with E-state index in [4.69, 9.17) is 11.6 Å². The topological polar surface area (TPSA) is 135 Å². The summed E-state index contributed by atoms with van der Waals surface area (Å²) in [6, 6.07) is 4.36. The Morgan fingerprint density at radius 1 is 1.12 bits per heavy atom. The average Bonchev–Trinajstić information content (AvgIpc) is 3.24. The van der Waals surface area contributed by atoms with Gasteiger partial charge in [0.2, 0.25) is 0 Å². The minimum atomic E-state index is -3.75. The Labute approximate surface area is 192 Å². The molecule has 172 valence electrons. The van der Waals surface area contributed by atoms with Crippen LogP contribution in [0.5, 0.6) is 0 Å². The molecule has 1 fully saturated rings. The Morgan fingerprint density at radius 3 is 2.34 bits per heavy atom. The van der Waals surface area contributed by atoms with Gasteiger partial charge in [-0.2, -0.15) is 0 Å². The van der Waals surface area contributed by atoms with E-state index in [1.807, 2.05) is 6.08 Å². The summed E-state index contributed by atoms with van der Waals surface area (Å²) in [4.78, 5) is 20.9. The number of sulfone groups is 1. The van der Waals surface area contributed by atoms with Gasteiger partial charge in [0.05, 0.1) is 22.3 Å². The molecule has 1 amide bonds. The number of hydrogen-bond donors (Lipinski definition) is 2. The molecule has 12 heteroatoms. The molecular formula is C20H23ClN4O5S2. The number of sulfonamides is 1. The number of rotatable bonds is 7. The largest absolute Gasteiger partial charge is 0.305 e. The van der Waals surface area contributed by atoms with E-state index in [1.54, 1.807) is 0 Å². The van der Waals surface area contributed by atoms with Crippen LogP contribution in [0.25, 0.3) is 5.57 Å². The van der Waals surface area contributed by atoms with Gasteiger partial charge in [-0.1, -0.05) is 36.6 Å². The van der Waals surface area contributed by atoms with Crippen LogP contribution in [0.15, 0.2) is 46.6 Å². The van der Waals surface area contributed by atoms with E-state index in [0.29, 0.717) is 11.1 Å². The fourth-order valence-corrected chi connectivity index (χ4v) is 5.36. The molecule has 0 spiro atoms. The molecular weight excluding hydrogens is 476 g/mol. The van der Waals surface area contributed by atoms with Gasteiger partial charge in [-0.15, -0.1) is 0 Å². The van der Waals surface area contributed by atoms with Crippen LogP contribution in [0.2, 0.25) is 5.02 Å². The highest BCUT2D eigenvalue weighted by Crippen LogP contribution is 2.32. The lowest BCUT2D eigenvalue weighted by molar-refractivity contribution is -0.111. The number of nitrogens with one attached hydrogen (secondary N) is 2. The normalized spacial score (nSPS) is 15.7. The highest BCUT2D eigenvalue weighted by atomic mass is 35.5. The molecule has 2 aromatic rings. The van der Waals surface area contributed by atoms with Gasteiger partial charge in [-0.25, -0.2) is 31.5 Å². The lowest BCUT2D eigenvalue weighted by Gasteiger charge is -2.13. The Kier molecular flexibility index (Phi) is 7.33. The van der Waals surface area contributed by atoms with E-state index in [9.17, 15) is 21.6 Å². The van der Waals surface area contributed by atoms with E-state index in [2.05, 4.69) is 20.0 Å². The zero-order valence-corrected chi connectivity index (χ0v) is 19.9. The third-order valence-electron chi connectivity index (χ3n) is 5.10. The number of nitrogens with zero attached hydrogens (tertiary/aromatic N) is 2. The van der Waals surface area contributed by atoms with Gasteiger partial charge < -0.3 is 5.32 Å². The molecule has 2 N–H and O–H groups in total. The maximum absolute atomic E-state index is 13.1. The molecule has 9 nitrogen and oxygen atoms in total. The number of hydrogen-bond acceptors (Lipinski definition) is 7. The van der Waals surface area contributed by atoms with Crippen molar-refractivity contribution in [3.8, 4) is 0 Å². The summed E-state index contributed by atoms with van der Waals surface area (Å²) in [6.45, 7) is 0.